The van der Waals surface area contributed by atoms with E-state index in [4.69, 9.17) is 7.98 Å². The minimum Gasteiger partial charge on any atom is -0.406 e. The number of nitrogens with zero attached hydrogens (tertiary/aromatic N) is 1. The molecule has 1 nitrogen and oxygen atoms in total. The van der Waals surface area contributed by atoms with Crippen LogP contribution in [0.25, 0.3) is 0 Å². The van der Waals surface area contributed by atoms with E-state index in [1.165, 1.54) is 0 Å². The Hall–Kier alpha value is -0.485. The molecule has 0 amide bonds. The fraction of sp³-hybridized carbons (Fsp3) is 0.250. The van der Waals surface area contributed by atoms with Gasteiger partial charge >= 0.3 is 0 Å². The molecule has 0 spiro atoms. The van der Waals surface area contributed by atoms with Gasteiger partial charge in [-0.25, -0.2) is 0 Å². The molecule has 1 rings (SSSR count). The van der Waals surface area contributed by atoms with E-state index < -0.39 is 0 Å². The van der Waals surface area contributed by atoms with Crippen LogP contribution >= 0.6 is 8.07 Å². The summed E-state index contributed by atoms with van der Waals surface area (Å²) in [6, 6.07) is 10.0. The Morgan fingerprint density at radius 2 is 1.73 bits per heavy atom. The van der Waals surface area contributed by atoms with Crippen molar-refractivity contribution in [1.29, 1.82) is 0 Å². The maximum Gasteiger partial charge on any atom is 0.232 e. The first-order valence-electron chi connectivity index (χ1n) is 3.49. The van der Waals surface area contributed by atoms with Gasteiger partial charge in [0.1, 0.15) is 0 Å². The molecular formula is C8H11BNP. The predicted octanol–water partition coefficient (Wildman–Crippen LogP) is 2.23. The monoisotopic (exact) mass is 163 g/mol. The molecule has 0 aliphatic carbocycles. The second-order valence-corrected chi connectivity index (χ2v) is 4.65. The number of para-hydroxylation sites is 1. The molecule has 0 aliphatic heterocycles. The van der Waals surface area contributed by atoms with Crippen molar-refractivity contribution in [3.05, 3.63) is 30.3 Å². The van der Waals surface area contributed by atoms with Crippen LogP contribution in [-0.4, -0.2) is 21.3 Å². The highest BCUT2D eigenvalue weighted by Crippen LogP contribution is 2.33. The van der Waals surface area contributed by atoms with Crippen molar-refractivity contribution in [2.75, 3.05) is 17.9 Å². The fourth-order valence-corrected chi connectivity index (χ4v) is 1.41. The zero-order valence-electron chi connectivity index (χ0n) is 6.86. The molecule has 0 N–H and O–H groups in total. The second kappa shape index (κ2) is 3.78. The van der Waals surface area contributed by atoms with Crippen LogP contribution in [0.2, 0.25) is 0 Å². The summed E-state index contributed by atoms with van der Waals surface area (Å²) in [4.78, 5) is 0. The zero-order chi connectivity index (χ0) is 8.27. The minimum absolute atomic E-state index is 0.227. The molecule has 56 valence electrons. The van der Waals surface area contributed by atoms with Gasteiger partial charge < -0.3 is 4.58 Å². The van der Waals surface area contributed by atoms with E-state index in [0.717, 1.165) is 5.69 Å². The van der Waals surface area contributed by atoms with Gasteiger partial charge in [0.25, 0.3) is 0 Å². The molecule has 0 aliphatic rings. The average molecular weight is 163 g/mol. The maximum absolute atomic E-state index is 5.80. The van der Waals surface area contributed by atoms with Gasteiger partial charge in [-0.15, -0.1) is 0 Å². The van der Waals surface area contributed by atoms with Crippen molar-refractivity contribution in [3.8, 4) is 0 Å². The lowest BCUT2D eigenvalue weighted by atomic mass is 10.3. The van der Waals surface area contributed by atoms with Crippen LogP contribution in [-0.2, 0) is 0 Å². The third-order valence-electron chi connectivity index (χ3n) is 1.45. The van der Waals surface area contributed by atoms with E-state index in [0.29, 0.717) is 0 Å². The zero-order valence-corrected chi connectivity index (χ0v) is 7.75. The molecule has 0 fully saturated rings. The first kappa shape index (κ1) is 8.61. The predicted molar refractivity (Wildman–Crippen MR) is 53.4 cm³/mol. The summed E-state index contributed by atoms with van der Waals surface area (Å²) in [5, 5.41) is 0. The summed E-state index contributed by atoms with van der Waals surface area (Å²) in [6.07, 6.45) is 0. The molecule has 1 aromatic rings. The SMILES string of the molecule is [B]N(c1ccccc1)P(C)C. The van der Waals surface area contributed by atoms with Crippen molar-refractivity contribution in [1.82, 2.24) is 0 Å². The Morgan fingerprint density at radius 1 is 1.18 bits per heavy atom. The van der Waals surface area contributed by atoms with Gasteiger partial charge in [-0.3, -0.25) is 0 Å². The molecule has 0 aromatic heterocycles. The van der Waals surface area contributed by atoms with Crippen molar-refractivity contribution in [2.24, 2.45) is 0 Å². The topological polar surface area (TPSA) is 3.24 Å². The molecule has 0 atom stereocenters. The molecule has 0 saturated heterocycles. The minimum atomic E-state index is -0.227. The van der Waals surface area contributed by atoms with Crippen LogP contribution in [0.5, 0.6) is 0 Å². The van der Waals surface area contributed by atoms with Gasteiger partial charge in [0.2, 0.25) is 7.98 Å². The van der Waals surface area contributed by atoms with Gasteiger partial charge in [0, 0.05) is 5.69 Å². The standard InChI is InChI=1S/C8H11BNP/c1-11(2)10(9)8-6-4-3-5-7-8/h3-7H,1-2H3. The highest BCUT2D eigenvalue weighted by atomic mass is 31.1. The maximum atomic E-state index is 5.80. The summed E-state index contributed by atoms with van der Waals surface area (Å²) in [6.45, 7) is 4.25. The first-order chi connectivity index (χ1) is 5.22. The fourth-order valence-electron chi connectivity index (χ4n) is 0.812. The van der Waals surface area contributed by atoms with Crippen LogP contribution in [0.15, 0.2) is 30.3 Å². The molecule has 11 heavy (non-hydrogen) atoms. The highest BCUT2D eigenvalue weighted by molar-refractivity contribution is 7.59. The second-order valence-electron chi connectivity index (χ2n) is 2.53. The normalized spacial score (nSPS) is 10.1. The highest BCUT2D eigenvalue weighted by Gasteiger charge is 2.01. The van der Waals surface area contributed by atoms with Crippen molar-refractivity contribution >= 4 is 21.7 Å². The third kappa shape index (κ3) is 2.23. The van der Waals surface area contributed by atoms with E-state index >= 15 is 0 Å². The molecule has 0 heterocycles. The van der Waals surface area contributed by atoms with Gasteiger partial charge in [-0.05, 0) is 33.5 Å². The summed E-state index contributed by atoms with van der Waals surface area (Å²) < 4.78 is 1.81. The Labute approximate surface area is 70.7 Å². The van der Waals surface area contributed by atoms with Crippen LogP contribution in [0, 0.1) is 0 Å². The number of anilines is 1. The quantitative estimate of drug-likeness (QED) is 0.477. The summed E-state index contributed by atoms with van der Waals surface area (Å²) in [7, 11) is 5.57. The van der Waals surface area contributed by atoms with Crippen molar-refractivity contribution in [3.63, 3.8) is 0 Å². The van der Waals surface area contributed by atoms with Crippen LogP contribution in [0.1, 0.15) is 0 Å². The lowest BCUT2D eigenvalue weighted by Crippen LogP contribution is -2.10. The van der Waals surface area contributed by atoms with Gasteiger partial charge in [0.05, 0.1) is 0 Å². The average Bonchev–Trinajstić information content (AvgIpc) is 2.05. The lowest BCUT2D eigenvalue weighted by Gasteiger charge is -2.24. The molecule has 3 heteroatoms. The number of benzene rings is 1. The van der Waals surface area contributed by atoms with E-state index in [1.807, 2.05) is 34.9 Å². The number of hydrogen-bond acceptors (Lipinski definition) is 1. The number of hydrogen-bond donors (Lipinski definition) is 0. The van der Waals surface area contributed by atoms with Crippen molar-refractivity contribution in [2.45, 2.75) is 0 Å². The summed E-state index contributed by atoms with van der Waals surface area (Å²) in [5.41, 5.74) is 1.09. The third-order valence-corrected chi connectivity index (χ3v) is 2.54. The van der Waals surface area contributed by atoms with Crippen LogP contribution in [0.4, 0.5) is 5.69 Å². The van der Waals surface area contributed by atoms with Gasteiger partial charge in [0.15, 0.2) is 0 Å². The largest absolute Gasteiger partial charge is 0.406 e. The Balaban J connectivity index is 2.77. The Bertz CT molecular complexity index is 213. The molecule has 0 saturated carbocycles. The van der Waals surface area contributed by atoms with E-state index in [9.17, 15) is 0 Å². The van der Waals surface area contributed by atoms with Crippen LogP contribution < -0.4 is 4.58 Å². The van der Waals surface area contributed by atoms with Gasteiger partial charge in [-0.1, -0.05) is 18.2 Å². The molecule has 0 unspecified atom stereocenters. The summed E-state index contributed by atoms with van der Waals surface area (Å²) in [5.74, 6) is 0. The lowest BCUT2D eigenvalue weighted by molar-refractivity contribution is 1.56. The first-order valence-corrected chi connectivity index (χ1v) is 5.68. The summed E-state index contributed by atoms with van der Waals surface area (Å²) >= 11 is 0. The Morgan fingerprint density at radius 3 is 2.18 bits per heavy atom. The van der Waals surface area contributed by atoms with Crippen LogP contribution in [0.3, 0.4) is 0 Å². The molecule has 2 radical (unpaired) electrons. The van der Waals surface area contributed by atoms with E-state index in [2.05, 4.69) is 13.3 Å². The number of rotatable bonds is 2. The van der Waals surface area contributed by atoms with Crippen molar-refractivity contribution < 1.29 is 0 Å². The van der Waals surface area contributed by atoms with E-state index in [-0.39, 0.29) is 8.07 Å². The molecule has 0 bridgehead atoms. The molecule has 1 aromatic carbocycles. The van der Waals surface area contributed by atoms with E-state index in [1.54, 1.807) is 0 Å². The molecular weight excluding hydrogens is 152 g/mol. The Kier molecular flexibility index (Phi) is 2.96. The van der Waals surface area contributed by atoms with Gasteiger partial charge in [-0.2, -0.15) is 0 Å². The smallest absolute Gasteiger partial charge is 0.232 e.